The van der Waals surface area contributed by atoms with Crippen molar-refractivity contribution in [1.29, 1.82) is 0 Å². The van der Waals surface area contributed by atoms with Gasteiger partial charge in [-0.2, -0.15) is 0 Å². The van der Waals surface area contributed by atoms with E-state index >= 15 is 0 Å². The van der Waals surface area contributed by atoms with Crippen LogP contribution >= 0.6 is 0 Å². The zero-order chi connectivity index (χ0) is 9.40. The van der Waals surface area contributed by atoms with Crippen LogP contribution in [0, 0.1) is 0 Å². The van der Waals surface area contributed by atoms with Crippen molar-refractivity contribution in [2.24, 2.45) is 0 Å². The number of hydrogen-bond donors (Lipinski definition) is 1. The van der Waals surface area contributed by atoms with Crippen LogP contribution in [0.4, 0.5) is 0 Å². The summed E-state index contributed by atoms with van der Waals surface area (Å²) in [6.45, 7) is 7.33. The van der Waals surface area contributed by atoms with Crippen molar-refractivity contribution in [3.05, 3.63) is 49.5 Å². The van der Waals surface area contributed by atoms with E-state index in [0.29, 0.717) is 0 Å². The van der Waals surface area contributed by atoms with Crippen molar-refractivity contribution >= 4 is 0 Å². The maximum absolute atomic E-state index is 3.77. The smallest absolute Gasteiger partial charge is 0.0307 e. The number of rotatable bonds is 5. The molecule has 0 aromatic heterocycles. The largest absolute Gasteiger partial charge is 0.382 e. The van der Waals surface area contributed by atoms with E-state index in [1.807, 2.05) is 43.5 Å². The molecular weight excluding hydrogens is 148 g/mol. The molecular formula is C10H16N2. The molecule has 0 fully saturated rings. The van der Waals surface area contributed by atoms with E-state index < -0.39 is 0 Å². The Balaban J connectivity index is 3.71. The lowest BCUT2D eigenvalue weighted by atomic mass is 10.4. The molecule has 0 saturated carbocycles. The standard InChI is InChI=1S/C10H16N2/c1-5-6-7-10(2)11-8-9-12(3)4/h5-9,11H,1-2H2,3-4H3/b7-6-,9-8-. The lowest BCUT2D eigenvalue weighted by Gasteiger charge is -2.04. The molecule has 0 unspecified atom stereocenters. The number of hydrogen-bond acceptors (Lipinski definition) is 2. The topological polar surface area (TPSA) is 15.3 Å². The number of nitrogens with one attached hydrogen (secondary N) is 1. The molecule has 0 bridgehead atoms. The first-order valence-corrected chi connectivity index (χ1v) is 3.74. The van der Waals surface area contributed by atoms with Crippen molar-refractivity contribution in [3.63, 3.8) is 0 Å². The summed E-state index contributed by atoms with van der Waals surface area (Å²) >= 11 is 0. The van der Waals surface area contributed by atoms with Gasteiger partial charge in [-0.1, -0.05) is 25.3 Å². The highest BCUT2D eigenvalue weighted by Crippen LogP contribution is 1.87. The Morgan fingerprint density at radius 1 is 1.42 bits per heavy atom. The van der Waals surface area contributed by atoms with Gasteiger partial charge in [0.05, 0.1) is 0 Å². The summed E-state index contributed by atoms with van der Waals surface area (Å²) in [5.74, 6) is 0. The van der Waals surface area contributed by atoms with Crippen LogP contribution in [0.5, 0.6) is 0 Å². The number of allylic oxidation sites excluding steroid dienone is 3. The molecule has 12 heavy (non-hydrogen) atoms. The number of nitrogens with zero attached hydrogens (tertiary/aromatic N) is 1. The van der Waals surface area contributed by atoms with Gasteiger partial charge in [-0.05, 0) is 6.08 Å². The van der Waals surface area contributed by atoms with Crippen LogP contribution < -0.4 is 5.32 Å². The fraction of sp³-hybridized carbons (Fsp3) is 0.200. The van der Waals surface area contributed by atoms with Crippen LogP contribution in [0.3, 0.4) is 0 Å². The quantitative estimate of drug-likeness (QED) is 0.624. The molecule has 0 aliphatic heterocycles. The average Bonchev–Trinajstić information content (AvgIpc) is 2.00. The maximum atomic E-state index is 3.77. The van der Waals surface area contributed by atoms with Gasteiger partial charge in [-0.25, -0.2) is 0 Å². The van der Waals surface area contributed by atoms with Crippen LogP contribution in [-0.2, 0) is 0 Å². The van der Waals surface area contributed by atoms with Gasteiger partial charge in [-0.3, -0.25) is 0 Å². The average molecular weight is 164 g/mol. The minimum atomic E-state index is 0.841. The molecule has 2 heteroatoms. The Bertz CT molecular complexity index is 200. The minimum absolute atomic E-state index is 0.841. The molecule has 0 aliphatic carbocycles. The van der Waals surface area contributed by atoms with Gasteiger partial charge in [0.15, 0.2) is 0 Å². The monoisotopic (exact) mass is 164 g/mol. The highest BCUT2D eigenvalue weighted by molar-refractivity contribution is 5.17. The summed E-state index contributed by atoms with van der Waals surface area (Å²) < 4.78 is 0. The van der Waals surface area contributed by atoms with Gasteiger partial charge in [0, 0.05) is 32.2 Å². The first-order chi connectivity index (χ1) is 5.66. The van der Waals surface area contributed by atoms with Crippen LogP contribution in [0.25, 0.3) is 0 Å². The molecule has 0 atom stereocenters. The van der Waals surface area contributed by atoms with E-state index in [2.05, 4.69) is 18.5 Å². The third-order valence-corrected chi connectivity index (χ3v) is 1.07. The molecule has 66 valence electrons. The second-order valence-electron chi connectivity index (χ2n) is 2.54. The van der Waals surface area contributed by atoms with Gasteiger partial charge in [-0.15, -0.1) is 0 Å². The molecule has 2 nitrogen and oxygen atoms in total. The highest BCUT2D eigenvalue weighted by Gasteiger charge is 1.79. The predicted molar refractivity (Wildman–Crippen MR) is 54.4 cm³/mol. The van der Waals surface area contributed by atoms with Gasteiger partial charge in [0.2, 0.25) is 0 Å². The Kier molecular flexibility index (Phi) is 5.53. The van der Waals surface area contributed by atoms with Crippen molar-refractivity contribution in [2.75, 3.05) is 14.1 Å². The molecule has 1 N–H and O–H groups in total. The fourth-order valence-corrected chi connectivity index (χ4v) is 0.526. The fourth-order valence-electron chi connectivity index (χ4n) is 0.526. The summed E-state index contributed by atoms with van der Waals surface area (Å²) in [6.07, 6.45) is 9.14. The highest BCUT2D eigenvalue weighted by atomic mass is 15.0. The zero-order valence-corrected chi connectivity index (χ0v) is 7.75. The van der Waals surface area contributed by atoms with Gasteiger partial charge in [0.1, 0.15) is 0 Å². The lowest BCUT2D eigenvalue weighted by molar-refractivity contribution is 0.560. The first-order valence-electron chi connectivity index (χ1n) is 3.74. The molecule has 0 spiro atoms. The van der Waals surface area contributed by atoms with E-state index in [-0.39, 0.29) is 0 Å². The van der Waals surface area contributed by atoms with Crippen LogP contribution in [-0.4, -0.2) is 19.0 Å². The second kappa shape index (κ2) is 6.28. The molecule has 0 radical (unpaired) electrons. The van der Waals surface area contributed by atoms with E-state index in [1.54, 1.807) is 6.08 Å². The van der Waals surface area contributed by atoms with Crippen LogP contribution in [0.15, 0.2) is 49.5 Å². The zero-order valence-electron chi connectivity index (χ0n) is 7.75. The minimum Gasteiger partial charge on any atom is -0.382 e. The Morgan fingerprint density at radius 3 is 2.58 bits per heavy atom. The van der Waals surface area contributed by atoms with Crippen LogP contribution in [0.1, 0.15) is 0 Å². The summed E-state index contributed by atoms with van der Waals surface area (Å²) in [7, 11) is 3.92. The molecule has 0 amide bonds. The molecule has 0 aliphatic rings. The SMILES string of the molecule is C=C/C=C\C(=C)N/C=C\N(C)C. The van der Waals surface area contributed by atoms with E-state index in [4.69, 9.17) is 0 Å². The maximum Gasteiger partial charge on any atom is 0.0307 e. The van der Waals surface area contributed by atoms with E-state index in [0.717, 1.165) is 5.70 Å². The summed E-state index contributed by atoms with van der Waals surface area (Å²) in [5, 5.41) is 3.00. The van der Waals surface area contributed by atoms with Gasteiger partial charge < -0.3 is 10.2 Å². The third kappa shape index (κ3) is 6.68. The van der Waals surface area contributed by atoms with Crippen molar-refractivity contribution in [3.8, 4) is 0 Å². The molecule has 0 rings (SSSR count). The van der Waals surface area contributed by atoms with Gasteiger partial charge >= 0.3 is 0 Å². The molecule has 0 saturated heterocycles. The van der Waals surface area contributed by atoms with E-state index in [1.165, 1.54) is 0 Å². The van der Waals surface area contributed by atoms with Crippen LogP contribution in [0.2, 0.25) is 0 Å². The molecule has 0 aromatic rings. The molecule has 0 aromatic carbocycles. The summed E-state index contributed by atoms with van der Waals surface area (Å²) in [6, 6.07) is 0. The van der Waals surface area contributed by atoms with E-state index in [9.17, 15) is 0 Å². The normalized spacial score (nSPS) is 10.5. The van der Waals surface area contributed by atoms with Crippen molar-refractivity contribution < 1.29 is 0 Å². The predicted octanol–water partition coefficient (Wildman–Crippen LogP) is 1.86. The third-order valence-electron chi connectivity index (χ3n) is 1.07. The summed E-state index contributed by atoms with van der Waals surface area (Å²) in [5.41, 5.74) is 0.841. The Labute approximate surface area is 74.6 Å². The Hall–Kier alpha value is -1.44. The second-order valence-corrected chi connectivity index (χ2v) is 2.54. The Morgan fingerprint density at radius 2 is 2.08 bits per heavy atom. The lowest BCUT2D eigenvalue weighted by Crippen LogP contribution is -2.06. The molecule has 0 heterocycles. The van der Waals surface area contributed by atoms with Gasteiger partial charge in [0.25, 0.3) is 0 Å². The van der Waals surface area contributed by atoms with Crippen molar-refractivity contribution in [1.82, 2.24) is 10.2 Å². The van der Waals surface area contributed by atoms with Crippen molar-refractivity contribution in [2.45, 2.75) is 0 Å². The first kappa shape index (κ1) is 10.6. The summed E-state index contributed by atoms with van der Waals surface area (Å²) in [4.78, 5) is 1.94.